The SMILES string of the molecule is CC1CCC(C)N(CCC2CCCC2(N)C(N)=O)C1. The van der Waals surface area contributed by atoms with Gasteiger partial charge >= 0.3 is 0 Å². The molecule has 2 aliphatic rings. The van der Waals surface area contributed by atoms with Crippen molar-refractivity contribution in [3.63, 3.8) is 0 Å². The molecule has 0 bridgehead atoms. The smallest absolute Gasteiger partial charge is 0.237 e. The van der Waals surface area contributed by atoms with Crippen LogP contribution in [0.3, 0.4) is 0 Å². The normalized spacial score (nSPS) is 40.5. The number of carbonyl (C=O) groups excluding carboxylic acids is 1. The lowest BCUT2D eigenvalue weighted by Gasteiger charge is -2.38. The Morgan fingerprint density at radius 1 is 1.32 bits per heavy atom. The van der Waals surface area contributed by atoms with Crippen LogP contribution in [0, 0.1) is 11.8 Å². The summed E-state index contributed by atoms with van der Waals surface area (Å²) >= 11 is 0. The first-order valence-electron chi connectivity index (χ1n) is 7.76. The van der Waals surface area contributed by atoms with Crippen LogP contribution < -0.4 is 11.5 Å². The standard InChI is InChI=1S/C15H29N3O/c1-11-5-6-12(2)18(10-11)9-7-13-4-3-8-15(13,17)14(16)19/h11-13H,3-10,17H2,1-2H3,(H2,16,19). The maximum Gasteiger partial charge on any atom is 0.237 e. The highest BCUT2D eigenvalue weighted by molar-refractivity contribution is 5.85. The van der Waals surface area contributed by atoms with Gasteiger partial charge in [0.25, 0.3) is 0 Å². The lowest BCUT2D eigenvalue weighted by Crippen LogP contribution is -2.55. The van der Waals surface area contributed by atoms with Crippen LogP contribution in [-0.2, 0) is 4.79 Å². The molecule has 0 radical (unpaired) electrons. The minimum atomic E-state index is -0.745. The number of likely N-dealkylation sites (tertiary alicyclic amines) is 1. The third kappa shape index (κ3) is 3.11. The van der Waals surface area contributed by atoms with Crippen molar-refractivity contribution < 1.29 is 4.79 Å². The van der Waals surface area contributed by atoms with Crippen LogP contribution in [-0.4, -0.2) is 35.5 Å². The van der Waals surface area contributed by atoms with Crippen molar-refractivity contribution in [3.8, 4) is 0 Å². The number of hydrogen-bond acceptors (Lipinski definition) is 3. The van der Waals surface area contributed by atoms with E-state index < -0.39 is 5.54 Å². The van der Waals surface area contributed by atoms with Crippen LogP contribution in [0.2, 0.25) is 0 Å². The van der Waals surface area contributed by atoms with Crippen molar-refractivity contribution in [1.82, 2.24) is 4.90 Å². The van der Waals surface area contributed by atoms with E-state index in [0.717, 1.165) is 38.1 Å². The summed E-state index contributed by atoms with van der Waals surface area (Å²) in [6.07, 6.45) is 6.49. The van der Waals surface area contributed by atoms with Crippen LogP contribution in [0.25, 0.3) is 0 Å². The summed E-state index contributed by atoms with van der Waals surface area (Å²) in [5.41, 5.74) is 11.0. The maximum absolute atomic E-state index is 11.6. The molecule has 1 amide bonds. The van der Waals surface area contributed by atoms with Crippen molar-refractivity contribution in [2.75, 3.05) is 13.1 Å². The monoisotopic (exact) mass is 267 g/mol. The summed E-state index contributed by atoms with van der Waals surface area (Å²) in [4.78, 5) is 14.1. The zero-order valence-corrected chi connectivity index (χ0v) is 12.4. The summed E-state index contributed by atoms with van der Waals surface area (Å²) in [5, 5.41) is 0. The largest absolute Gasteiger partial charge is 0.368 e. The number of nitrogens with two attached hydrogens (primary N) is 2. The second-order valence-corrected chi connectivity index (χ2v) is 6.81. The molecule has 2 fully saturated rings. The fourth-order valence-electron chi connectivity index (χ4n) is 3.84. The van der Waals surface area contributed by atoms with Crippen LogP contribution in [0.15, 0.2) is 0 Å². The minimum Gasteiger partial charge on any atom is -0.368 e. The van der Waals surface area contributed by atoms with Crippen molar-refractivity contribution >= 4 is 5.91 Å². The third-order valence-electron chi connectivity index (χ3n) is 5.34. The fraction of sp³-hybridized carbons (Fsp3) is 0.933. The second-order valence-electron chi connectivity index (χ2n) is 6.81. The fourth-order valence-corrected chi connectivity index (χ4v) is 3.84. The van der Waals surface area contributed by atoms with Crippen LogP contribution in [0.5, 0.6) is 0 Å². The molecular formula is C15H29N3O. The third-order valence-corrected chi connectivity index (χ3v) is 5.34. The van der Waals surface area contributed by atoms with Crippen LogP contribution >= 0.6 is 0 Å². The molecule has 1 aliphatic heterocycles. The highest BCUT2D eigenvalue weighted by Crippen LogP contribution is 2.36. The molecule has 0 aromatic rings. The molecule has 1 saturated heterocycles. The number of primary amides is 1. The zero-order valence-electron chi connectivity index (χ0n) is 12.4. The number of carbonyl (C=O) groups is 1. The van der Waals surface area contributed by atoms with E-state index in [1.54, 1.807) is 0 Å². The molecule has 4 heteroatoms. The summed E-state index contributed by atoms with van der Waals surface area (Å²) in [6, 6.07) is 0.665. The van der Waals surface area contributed by atoms with Gasteiger partial charge in [0.05, 0.1) is 5.54 Å². The molecule has 4 unspecified atom stereocenters. The number of amides is 1. The Morgan fingerprint density at radius 3 is 2.74 bits per heavy atom. The van der Waals surface area contributed by atoms with Crippen LogP contribution in [0.4, 0.5) is 0 Å². The van der Waals surface area contributed by atoms with E-state index in [-0.39, 0.29) is 11.8 Å². The molecular weight excluding hydrogens is 238 g/mol. The first-order valence-corrected chi connectivity index (χ1v) is 7.76. The quantitative estimate of drug-likeness (QED) is 0.810. The Balaban J connectivity index is 1.89. The molecule has 0 aromatic heterocycles. The van der Waals surface area contributed by atoms with E-state index in [9.17, 15) is 4.79 Å². The summed E-state index contributed by atoms with van der Waals surface area (Å²) in [6.45, 7) is 6.87. The van der Waals surface area contributed by atoms with Gasteiger partial charge in [-0.1, -0.05) is 13.3 Å². The van der Waals surface area contributed by atoms with Gasteiger partial charge in [-0.05, 0) is 57.4 Å². The highest BCUT2D eigenvalue weighted by Gasteiger charge is 2.44. The van der Waals surface area contributed by atoms with E-state index in [1.807, 2.05) is 0 Å². The predicted molar refractivity (Wildman–Crippen MR) is 77.5 cm³/mol. The maximum atomic E-state index is 11.6. The number of hydrogen-bond donors (Lipinski definition) is 2. The lowest BCUT2D eigenvalue weighted by molar-refractivity contribution is -0.124. The van der Waals surface area contributed by atoms with Crippen molar-refractivity contribution in [2.45, 2.75) is 64.0 Å². The zero-order chi connectivity index (χ0) is 14.0. The Kier molecular flexibility index (Phi) is 4.51. The van der Waals surface area contributed by atoms with Crippen LogP contribution in [0.1, 0.15) is 52.4 Å². The Labute approximate surface area is 116 Å². The molecule has 1 saturated carbocycles. The van der Waals surface area contributed by atoms with Gasteiger partial charge in [-0.25, -0.2) is 0 Å². The van der Waals surface area contributed by atoms with Crippen molar-refractivity contribution in [2.24, 2.45) is 23.3 Å². The van der Waals surface area contributed by atoms with E-state index in [0.29, 0.717) is 6.04 Å². The molecule has 4 N–H and O–H groups in total. The number of piperidine rings is 1. The Morgan fingerprint density at radius 2 is 2.05 bits per heavy atom. The average molecular weight is 267 g/mol. The number of rotatable bonds is 4. The van der Waals surface area contributed by atoms with Gasteiger partial charge in [0.2, 0.25) is 5.91 Å². The summed E-state index contributed by atoms with van der Waals surface area (Å²) in [7, 11) is 0. The lowest BCUT2D eigenvalue weighted by atomic mass is 9.84. The van der Waals surface area contributed by atoms with Gasteiger partial charge < -0.3 is 16.4 Å². The Hall–Kier alpha value is -0.610. The van der Waals surface area contributed by atoms with E-state index in [1.165, 1.54) is 19.4 Å². The van der Waals surface area contributed by atoms with E-state index >= 15 is 0 Å². The number of nitrogens with zero attached hydrogens (tertiary/aromatic N) is 1. The molecule has 19 heavy (non-hydrogen) atoms. The molecule has 2 rings (SSSR count). The molecule has 0 spiro atoms. The molecule has 4 atom stereocenters. The summed E-state index contributed by atoms with van der Waals surface area (Å²) in [5.74, 6) is 0.753. The van der Waals surface area contributed by atoms with Crippen molar-refractivity contribution in [3.05, 3.63) is 0 Å². The van der Waals surface area contributed by atoms with E-state index in [4.69, 9.17) is 11.5 Å². The first-order chi connectivity index (χ1) is 8.93. The van der Waals surface area contributed by atoms with Gasteiger partial charge in [0, 0.05) is 12.6 Å². The van der Waals surface area contributed by atoms with Gasteiger partial charge in [-0.2, -0.15) is 0 Å². The Bertz CT molecular complexity index is 333. The molecule has 110 valence electrons. The molecule has 0 aromatic carbocycles. The second kappa shape index (κ2) is 5.80. The summed E-state index contributed by atoms with van der Waals surface area (Å²) < 4.78 is 0. The first kappa shape index (κ1) is 14.8. The minimum absolute atomic E-state index is 0.273. The average Bonchev–Trinajstić information content (AvgIpc) is 2.73. The van der Waals surface area contributed by atoms with Gasteiger partial charge in [-0.15, -0.1) is 0 Å². The molecule has 4 nitrogen and oxygen atoms in total. The molecule has 1 heterocycles. The van der Waals surface area contributed by atoms with Gasteiger partial charge in [0.15, 0.2) is 0 Å². The van der Waals surface area contributed by atoms with Gasteiger partial charge in [-0.3, -0.25) is 4.79 Å². The van der Waals surface area contributed by atoms with E-state index in [2.05, 4.69) is 18.7 Å². The molecule has 1 aliphatic carbocycles. The predicted octanol–water partition coefficient (Wildman–Crippen LogP) is 1.48. The van der Waals surface area contributed by atoms with Gasteiger partial charge in [0.1, 0.15) is 0 Å². The topological polar surface area (TPSA) is 72.3 Å². The highest BCUT2D eigenvalue weighted by atomic mass is 16.1. The van der Waals surface area contributed by atoms with Crippen molar-refractivity contribution in [1.29, 1.82) is 0 Å².